The molecule has 2 rings (SSSR count). The Kier molecular flexibility index (Phi) is 6.75. The first-order chi connectivity index (χ1) is 11.5. The molecule has 0 aromatic heterocycles. The van der Waals surface area contributed by atoms with Crippen LogP contribution in [0.4, 0.5) is 0 Å². The predicted molar refractivity (Wildman–Crippen MR) is 92.9 cm³/mol. The van der Waals surface area contributed by atoms with Gasteiger partial charge < -0.3 is 15.4 Å². The monoisotopic (exact) mass is 333 g/mol. The quantitative estimate of drug-likeness (QED) is 0.782. The zero-order valence-corrected chi connectivity index (χ0v) is 14.5. The average molecular weight is 333 g/mol. The summed E-state index contributed by atoms with van der Waals surface area (Å²) in [5, 5.41) is 5.72. The van der Waals surface area contributed by atoms with Crippen LogP contribution in [0.2, 0.25) is 0 Å². The fourth-order valence-corrected chi connectivity index (χ4v) is 2.66. The summed E-state index contributed by atoms with van der Waals surface area (Å²) < 4.78 is 5.36. The number of morpholine rings is 1. The average Bonchev–Trinajstić information content (AvgIpc) is 2.61. The van der Waals surface area contributed by atoms with Crippen molar-refractivity contribution in [2.24, 2.45) is 0 Å². The van der Waals surface area contributed by atoms with Crippen LogP contribution in [-0.4, -0.2) is 61.6 Å². The fraction of sp³-hybridized carbons (Fsp3) is 0.556. The SMILES string of the molecule is CC(C)(CNC(=O)CCNC(=O)c1ccccc1)N1CCOCC1. The van der Waals surface area contributed by atoms with E-state index in [2.05, 4.69) is 29.4 Å². The maximum atomic E-state index is 12.0. The number of nitrogens with zero attached hydrogens (tertiary/aromatic N) is 1. The number of hydrogen-bond acceptors (Lipinski definition) is 4. The van der Waals surface area contributed by atoms with E-state index in [-0.39, 0.29) is 23.8 Å². The molecule has 24 heavy (non-hydrogen) atoms. The third-order valence-electron chi connectivity index (χ3n) is 4.26. The van der Waals surface area contributed by atoms with Crippen LogP contribution in [0.3, 0.4) is 0 Å². The smallest absolute Gasteiger partial charge is 0.251 e. The highest BCUT2D eigenvalue weighted by atomic mass is 16.5. The molecule has 0 aliphatic carbocycles. The van der Waals surface area contributed by atoms with E-state index in [1.165, 1.54) is 0 Å². The summed E-state index contributed by atoms with van der Waals surface area (Å²) in [6.45, 7) is 8.40. The number of ether oxygens (including phenoxy) is 1. The zero-order chi connectivity index (χ0) is 17.4. The van der Waals surface area contributed by atoms with Crippen LogP contribution in [-0.2, 0) is 9.53 Å². The molecule has 1 saturated heterocycles. The highest BCUT2D eigenvalue weighted by Crippen LogP contribution is 2.15. The first-order valence-electron chi connectivity index (χ1n) is 8.42. The topological polar surface area (TPSA) is 70.7 Å². The van der Waals surface area contributed by atoms with Crippen LogP contribution in [0.5, 0.6) is 0 Å². The molecule has 1 aromatic carbocycles. The lowest BCUT2D eigenvalue weighted by molar-refractivity contribution is -0.121. The molecule has 1 fully saturated rings. The summed E-state index contributed by atoms with van der Waals surface area (Å²) in [6.07, 6.45) is 0.276. The summed E-state index contributed by atoms with van der Waals surface area (Å²) in [5.41, 5.74) is 0.499. The third kappa shape index (κ3) is 5.62. The molecule has 1 aromatic rings. The second kappa shape index (κ2) is 8.80. The van der Waals surface area contributed by atoms with Crippen molar-refractivity contribution in [3.8, 4) is 0 Å². The van der Waals surface area contributed by atoms with Crippen molar-refractivity contribution < 1.29 is 14.3 Å². The molecule has 1 aliphatic rings. The summed E-state index contributed by atoms with van der Waals surface area (Å²) in [5.74, 6) is -0.207. The van der Waals surface area contributed by atoms with Crippen LogP contribution in [0.25, 0.3) is 0 Å². The summed E-state index contributed by atoms with van der Waals surface area (Å²) >= 11 is 0. The molecule has 132 valence electrons. The van der Waals surface area contributed by atoms with Crippen LogP contribution >= 0.6 is 0 Å². The fourth-order valence-electron chi connectivity index (χ4n) is 2.66. The van der Waals surface area contributed by atoms with Gasteiger partial charge in [-0.1, -0.05) is 18.2 Å². The lowest BCUT2D eigenvalue weighted by atomic mass is 10.0. The van der Waals surface area contributed by atoms with E-state index in [9.17, 15) is 9.59 Å². The van der Waals surface area contributed by atoms with Crippen LogP contribution < -0.4 is 10.6 Å². The molecule has 1 aliphatic heterocycles. The van der Waals surface area contributed by atoms with E-state index in [0.29, 0.717) is 18.7 Å². The van der Waals surface area contributed by atoms with Gasteiger partial charge in [-0.05, 0) is 26.0 Å². The number of carbonyl (C=O) groups is 2. The van der Waals surface area contributed by atoms with Crippen molar-refractivity contribution in [3.63, 3.8) is 0 Å². The van der Waals surface area contributed by atoms with Gasteiger partial charge in [0.15, 0.2) is 0 Å². The van der Waals surface area contributed by atoms with E-state index in [1.807, 2.05) is 18.2 Å². The second-order valence-electron chi connectivity index (χ2n) is 6.56. The molecule has 6 nitrogen and oxygen atoms in total. The Morgan fingerprint density at radius 2 is 1.79 bits per heavy atom. The molecule has 0 spiro atoms. The van der Waals surface area contributed by atoms with Crippen LogP contribution in [0.1, 0.15) is 30.6 Å². The molecule has 0 bridgehead atoms. The van der Waals surface area contributed by atoms with Gasteiger partial charge in [-0.3, -0.25) is 14.5 Å². The minimum atomic E-state index is -0.156. The lowest BCUT2D eigenvalue weighted by Gasteiger charge is -2.40. The highest BCUT2D eigenvalue weighted by Gasteiger charge is 2.28. The van der Waals surface area contributed by atoms with E-state index in [0.717, 1.165) is 26.3 Å². The maximum absolute atomic E-state index is 12.0. The number of hydrogen-bond donors (Lipinski definition) is 2. The molecular formula is C18H27N3O3. The van der Waals surface area contributed by atoms with Crippen LogP contribution in [0.15, 0.2) is 30.3 Å². The first kappa shape index (κ1) is 18.4. The van der Waals surface area contributed by atoms with Crippen molar-refractivity contribution in [2.75, 3.05) is 39.4 Å². The molecule has 2 amide bonds. The van der Waals surface area contributed by atoms with Gasteiger partial charge in [-0.25, -0.2) is 0 Å². The Morgan fingerprint density at radius 3 is 2.46 bits per heavy atom. The highest BCUT2D eigenvalue weighted by molar-refractivity contribution is 5.94. The Morgan fingerprint density at radius 1 is 1.12 bits per heavy atom. The number of carbonyl (C=O) groups excluding carboxylic acids is 2. The number of amides is 2. The Bertz CT molecular complexity index is 540. The van der Waals surface area contributed by atoms with E-state index in [4.69, 9.17) is 4.74 Å². The summed E-state index contributed by atoms with van der Waals surface area (Å²) in [6, 6.07) is 8.99. The Hall–Kier alpha value is -1.92. The van der Waals surface area contributed by atoms with Crippen molar-refractivity contribution in [1.82, 2.24) is 15.5 Å². The minimum Gasteiger partial charge on any atom is -0.379 e. The molecule has 1 heterocycles. The standard InChI is InChI=1S/C18H27N3O3/c1-18(2,21-10-12-24-13-11-21)14-20-16(22)8-9-19-17(23)15-6-4-3-5-7-15/h3-7H,8-14H2,1-2H3,(H,19,23)(H,20,22). The molecule has 6 heteroatoms. The lowest BCUT2D eigenvalue weighted by Crippen LogP contribution is -2.55. The molecule has 0 saturated carbocycles. The molecule has 0 atom stereocenters. The van der Waals surface area contributed by atoms with Gasteiger partial charge in [0, 0.05) is 43.7 Å². The normalized spacial score (nSPS) is 15.8. The van der Waals surface area contributed by atoms with Crippen LogP contribution in [0, 0.1) is 0 Å². The minimum absolute atomic E-state index is 0.0512. The third-order valence-corrected chi connectivity index (χ3v) is 4.26. The van der Waals surface area contributed by atoms with Crippen molar-refractivity contribution in [1.29, 1.82) is 0 Å². The molecule has 0 radical (unpaired) electrons. The Balaban J connectivity index is 1.67. The van der Waals surface area contributed by atoms with Gasteiger partial charge in [-0.2, -0.15) is 0 Å². The van der Waals surface area contributed by atoms with E-state index < -0.39 is 0 Å². The van der Waals surface area contributed by atoms with Crippen molar-refractivity contribution >= 4 is 11.8 Å². The molecule has 2 N–H and O–H groups in total. The van der Waals surface area contributed by atoms with E-state index in [1.54, 1.807) is 12.1 Å². The van der Waals surface area contributed by atoms with Gasteiger partial charge in [0.25, 0.3) is 5.91 Å². The van der Waals surface area contributed by atoms with Crippen molar-refractivity contribution in [2.45, 2.75) is 25.8 Å². The van der Waals surface area contributed by atoms with Gasteiger partial charge in [0.1, 0.15) is 0 Å². The van der Waals surface area contributed by atoms with Gasteiger partial charge >= 0.3 is 0 Å². The van der Waals surface area contributed by atoms with Gasteiger partial charge in [0.05, 0.1) is 13.2 Å². The molecule has 0 unspecified atom stereocenters. The van der Waals surface area contributed by atoms with E-state index >= 15 is 0 Å². The number of nitrogens with one attached hydrogen (secondary N) is 2. The summed E-state index contributed by atoms with van der Waals surface area (Å²) in [4.78, 5) is 26.2. The second-order valence-corrected chi connectivity index (χ2v) is 6.56. The number of rotatable bonds is 7. The largest absolute Gasteiger partial charge is 0.379 e. The maximum Gasteiger partial charge on any atom is 0.251 e. The van der Waals surface area contributed by atoms with Gasteiger partial charge in [-0.15, -0.1) is 0 Å². The zero-order valence-electron chi connectivity index (χ0n) is 14.5. The molecular weight excluding hydrogens is 306 g/mol. The van der Waals surface area contributed by atoms with Gasteiger partial charge in [0.2, 0.25) is 5.91 Å². The summed E-state index contributed by atoms with van der Waals surface area (Å²) in [7, 11) is 0. The predicted octanol–water partition coefficient (Wildman–Crippen LogP) is 1.03. The number of benzene rings is 1. The Labute approximate surface area is 143 Å². The van der Waals surface area contributed by atoms with Crippen molar-refractivity contribution in [3.05, 3.63) is 35.9 Å². The first-order valence-corrected chi connectivity index (χ1v) is 8.42.